The van der Waals surface area contributed by atoms with Gasteiger partial charge in [0.15, 0.2) is 0 Å². The Morgan fingerprint density at radius 2 is 1.91 bits per heavy atom. The van der Waals surface area contributed by atoms with E-state index in [1.165, 1.54) is 19.1 Å². The number of aryl methyl sites for hydroxylation is 1. The highest BCUT2D eigenvalue weighted by molar-refractivity contribution is 5.95. The molecule has 1 aromatic rings. The summed E-state index contributed by atoms with van der Waals surface area (Å²) < 4.78 is 9.99. The Hall–Kier alpha value is -2.34. The second kappa shape index (κ2) is 6.62. The fourth-order valence-corrected chi connectivity index (χ4v) is 2.50. The molecular formula is C16H20N2O4. The fraction of sp³-hybridized carbons (Fsp3) is 0.375. The van der Waals surface area contributed by atoms with Crippen molar-refractivity contribution in [2.45, 2.75) is 13.0 Å². The summed E-state index contributed by atoms with van der Waals surface area (Å²) in [7, 11) is 4.47. The van der Waals surface area contributed by atoms with Gasteiger partial charge in [-0.1, -0.05) is 29.8 Å². The van der Waals surface area contributed by atoms with E-state index in [1.54, 1.807) is 7.05 Å². The molecule has 0 fully saturated rings. The van der Waals surface area contributed by atoms with Crippen LogP contribution in [0.3, 0.4) is 0 Å². The third kappa shape index (κ3) is 2.96. The van der Waals surface area contributed by atoms with E-state index >= 15 is 0 Å². The quantitative estimate of drug-likeness (QED) is 0.861. The lowest BCUT2D eigenvalue weighted by molar-refractivity contribution is -0.137. The molecule has 0 radical (unpaired) electrons. The third-order valence-corrected chi connectivity index (χ3v) is 3.65. The zero-order chi connectivity index (χ0) is 16.3. The molecule has 0 aromatic heterocycles. The average Bonchev–Trinajstić information content (AvgIpc) is 2.51. The number of carbonyl (C=O) groups excluding carboxylic acids is 2. The number of methoxy groups -OCH3 is 2. The second-order valence-electron chi connectivity index (χ2n) is 5.17. The number of ether oxygens (including phenoxy) is 2. The van der Waals surface area contributed by atoms with Gasteiger partial charge in [0.2, 0.25) is 0 Å². The first-order valence-corrected chi connectivity index (χ1v) is 6.90. The Balaban J connectivity index is 2.57. The van der Waals surface area contributed by atoms with Gasteiger partial charge >= 0.3 is 12.0 Å². The average molecular weight is 304 g/mol. The van der Waals surface area contributed by atoms with Crippen LogP contribution >= 0.6 is 0 Å². The van der Waals surface area contributed by atoms with Crippen molar-refractivity contribution in [2.75, 3.05) is 27.9 Å². The van der Waals surface area contributed by atoms with Crippen LogP contribution in [0, 0.1) is 6.92 Å². The van der Waals surface area contributed by atoms with Crippen LogP contribution in [0.4, 0.5) is 4.79 Å². The number of carbonyl (C=O) groups is 2. The maximum atomic E-state index is 12.2. The number of amides is 2. The van der Waals surface area contributed by atoms with Crippen LogP contribution in [-0.2, 0) is 14.3 Å². The maximum Gasteiger partial charge on any atom is 0.338 e. The van der Waals surface area contributed by atoms with E-state index in [0.717, 1.165) is 11.1 Å². The molecule has 22 heavy (non-hydrogen) atoms. The van der Waals surface area contributed by atoms with E-state index in [9.17, 15) is 9.59 Å². The molecule has 1 N–H and O–H groups in total. The molecule has 0 spiro atoms. The first kappa shape index (κ1) is 16.0. The van der Waals surface area contributed by atoms with Crippen molar-refractivity contribution < 1.29 is 19.1 Å². The first-order valence-electron chi connectivity index (χ1n) is 6.90. The molecule has 0 aliphatic carbocycles. The lowest BCUT2D eigenvalue weighted by atomic mass is 9.93. The zero-order valence-corrected chi connectivity index (χ0v) is 13.2. The van der Waals surface area contributed by atoms with Crippen molar-refractivity contribution in [3.8, 4) is 0 Å². The molecular weight excluding hydrogens is 284 g/mol. The smallest absolute Gasteiger partial charge is 0.338 e. The van der Waals surface area contributed by atoms with Gasteiger partial charge in [0.1, 0.15) is 0 Å². The van der Waals surface area contributed by atoms with Crippen molar-refractivity contribution in [3.05, 3.63) is 46.7 Å². The van der Waals surface area contributed by atoms with Crippen LogP contribution in [0.25, 0.3) is 0 Å². The molecule has 118 valence electrons. The summed E-state index contributed by atoms with van der Waals surface area (Å²) in [5, 5.41) is 2.68. The van der Waals surface area contributed by atoms with Gasteiger partial charge < -0.3 is 19.7 Å². The SMILES string of the molecule is COCC1=C(C(=O)OC)[C@H](c2ccc(C)cc2)N(C)C(=O)N1. The Morgan fingerprint density at radius 3 is 2.45 bits per heavy atom. The van der Waals surface area contributed by atoms with E-state index in [2.05, 4.69) is 5.32 Å². The van der Waals surface area contributed by atoms with E-state index in [0.29, 0.717) is 11.3 Å². The predicted octanol–water partition coefficient (Wildman–Crippen LogP) is 1.76. The highest BCUT2D eigenvalue weighted by Gasteiger charge is 2.37. The second-order valence-corrected chi connectivity index (χ2v) is 5.17. The minimum Gasteiger partial charge on any atom is -0.466 e. The molecule has 6 heteroatoms. The van der Waals surface area contributed by atoms with Gasteiger partial charge in [0, 0.05) is 14.2 Å². The summed E-state index contributed by atoms with van der Waals surface area (Å²) in [4.78, 5) is 25.9. The molecule has 6 nitrogen and oxygen atoms in total. The van der Waals surface area contributed by atoms with E-state index in [4.69, 9.17) is 9.47 Å². The lowest BCUT2D eigenvalue weighted by Crippen LogP contribution is -2.47. The Bertz CT molecular complexity index is 607. The Kier molecular flexibility index (Phi) is 4.82. The largest absolute Gasteiger partial charge is 0.466 e. The molecule has 1 aromatic carbocycles. The number of rotatable bonds is 4. The monoisotopic (exact) mass is 304 g/mol. The van der Waals surface area contributed by atoms with E-state index in [-0.39, 0.29) is 12.6 Å². The third-order valence-electron chi connectivity index (χ3n) is 3.65. The summed E-state index contributed by atoms with van der Waals surface area (Å²) in [6, 6.07) is 6.91. The van der Waals surface area contributed by atoms with Crippen molar-refractivity contribution >= 4 is 12.0 Å². The molecule has 1 aliphatic heterocycles. The Morgan fingerprint density at radius 1 is 1.27 bits per heavy atom. The summed E-state index contributed by atoms with van der Waals surface area (Å²) >= 11 is 0. The highest BCUT2D eigenvalue weighted by atomic mass is 16.5. The van der Waals surface area contributed by atoms with Crippen molar-refractivity contribution in [2.24, 2.45) is 0 Å². The van der Waals surface area contributed by atoms with Crippen molar-refractivity contribution in [1.82, 2.24) is 10.2 Å². The minimum atomic E-state index is -0.507. The molecule has 2 amide bonds. The maximum absolute atomic E-state index is 12.2. The van der Waals surface area contributed by atoms with Gasteiger partial charge in [-0.25, -0.2) is 9.59 Å². The molecule has 1 aliphatic rings. The van der Waals surface area contributed by atoms with Crippen LogP contribution in [0.1, 0.15) is 17.2 Å². The van der Waals surface area contributed by atoms with Crippen LogP contribution in [-0.4, -0.2) is 44.8 Å². The number of esters is 1. The standard InChI is InChI=1S/C16H20N2O4/c1-10-5-7-11(8-6-10)14-13(15(19)22-4)12(9-21-3)17-16(20)18(14)2/h5-8,14H,9H2,1-4H3,(H,17,20)/t14-/m0/s1. The van der Waals surface area contributed by atoms with Crippen molar-refractivity contribution in [3.63, 3.8) is 0 Å². The van der Waals surface area contributed by atoms with Crippen LogP contribution in [0.2, 0.25) is 0 Å². The van der Waals surface area contributed by atoms with Gasteiger partial charge in [0.05, 0.1) is 31.0 Å². The summed E-state index contributed by atoms with van der Waals surface area (Å²) in [6.45, 7) is 2.11. The topological polar surface area (TPSA) is 67.9 Å². The molecule has 0 saturated heterocycles. The van der Waals surface area contributed by atoms with Gasteiger partial charge in [-0.15, -0.1) is 0 Å². The molecule has 0 bridgehead atoms. The van der Waals surface area contributed by atoms with Crippen LogP contribution in [0.15, 0.2) is 35.5 Å². The predicted molar refractivity (Wildman–Crippen MR) is 81.1 cm³/mol. The highest BCUT2D eigenvalue weighted by Crippen LogP contribution is 2.33. The van der Waals surface area contributed by atoms with E-state index < -0.39 is 12.0 Å². The first-order chi connectivity index (χ1) is 10.5. The molecule has 1 atom stereocenters. The molecule has 1 heterocycles. The number of hydrogen-bond acceptors (Lipinski definition) is 4. The molecule has 2 rings (SSSR count). The van der Waals surface area contributed by atoms with Gasteiger partial charge in [-0.3, -0.25) is 0 Å². The summed E-state index contributed by atoms with van der Waals surface area (Å²) in [5.41, 5.74) is 2.77. The van der Waals surface area contributed by atoms with Gasteiger partial charge in [-0.05, 0) is 12.5 Å². The molecule has 0 saturated carbocycles. The van der Waals surface area contributed by atoms with Crippen LogP contribution < -0.4 is 5.32 Å². The number of likely N-dealkylation sites (N-methyl/N-ethyl adjacent to an activating group) is 1. The Labute approximate surface area is 129 Å². The van der Waals surface area contributed by atoms with Gasteiger partial charge in [0.25, 0.3) is 0 Å². The number of hydrogen-bond donors (Lipinski definition) is 1. The molecule has 0 unspecified atom stereocenters. The number of urea groups is 1. The number of nitrogens with one attached hydrogen (secondary N) is 1. The van der Waals surface area contributed by atoms with Crippen molar-refractivity contribution in [1.29, 1.82) is 0 Å². The summed E-state index contributed by atoms with van der Waals surface area (Å²) in [5.74, 6) is -0.482. The van der Waals surface area contributed by atoms with E-state index in [1.807, 2.05) is 31.2 Å². The fourth-order valence-electron chi connectivity index (χ4n) is 2.50. The minimum absolute atomic E-state index is 0.131. The normalized spacial score (nSPS) is 18.3. The number of benzene rings is 1. The van der Waals surface area contributed by atoms with Gasteiger partial charge in [-0.2, -0.15) is 0 Å². The zero-order valence-electron chi connectivity index (χ0n) is 13.2. The number of nitrogens with zero attached hydrogens (tertiary/aromatic N) is 1. The van der Waals surface area contributed by atoms with Crippen LogP contribution in [0.5, 0.6) is 0 Å². The lowest BCUT2D eigenvalue weighted by Gasteiger charge is -2.35. The summed E-state index contributed by atoms with van der Waals surface area (Å²) in [6.07, 6.45) is 0.